The molecule has 0 N–H and O–H groups in total. The molecule has 0 atom stereocenters. The molecule has 0 aliphatic rings. The van der Waals surface area contributed by atoms with Crippen molar-refractivity contribution in [1.29, 1.82) is 0 Å². The minimum Gasteiger partial charge on any atom is -0.293 e. The van der Waals surface area contributed by atoms with Crippen molar-refractivity contribution in [3.63, 3.8) is 0 Å². The van der Waals surface area contributed by atoms with Crippen molar-refractivity contribution in [3.05, 3.63) is 47.8 Å². The van der Waals surface area contributed by atoms with Gasteiger partial charge in [0.1, 0.15) is 5.69 Å². The van der Waals surface area contributed by atoms with Gasteiger partial charge in [-0.15, -0.1) is 0 Å². The maximum absolute atomic E-state index is 11.1. The maximum atomic E-state index is 11.1. The second-order valence-corrected chi connectivity index (χ2v) is 3.54. The third-order valence-corrected chi connectivity index (χ3v) is 2.25. The van der Waals surface area contributed by atoms with Crippen molar-refractivity contribution in [3.8, 4) is 5.69 Å². The molecule has 0 radical (unpaired) electrons. The molecule has 0 fully saturated rings. The van der Waals surface area contributed by atoms with Gasteiger partial charge < -0.3 is 0 Å². The summed E-state index contributed by atoms with van der Waals surface area (Å²) in [5, 5.41) is 4.18. The van der Waals surface area contributed by atoms with E-state index in [2.05, 4.69) is 5.10 Å². The molecule has 1 heterocycles. The molecule has 0 saturated heterocycles. The predicted molar refractivity (Wildman–Crippen MR) is 58.3 cm³/mol. The van der Waals surface area contributed by atoms with Crippen molar-refractivity contribution in [2.24, 2.45) is 0 Å². The van der Waals surface area contributed by atoms with Gasteiger partial charge in [-0.3, -0.25) is 4.79 Å². The number of Topliss-reactive ketones (excluding diaryl/α,β-unsaturated/α-hetero) is 1. The van der Waals surface area contributed by atoms with Crippen LogP contribution in [0.1, 0.15) is 23.0 Å². The molecule has 0 spiro atoms. The van der Waals surface area contributed by atoms with Gasteiger partial charge in [-0.1, -0.05) is 17.7 Å². The van der Waals surface area contributed by atoms with E-state index in [0.717, 1.165) is 5.69 Å². The summed E-state index contributed by atoms with van der Waals surface area (Å²) in [5.41, 5.74) is 2.67. The summed E-state index contributed by atoms with van der Waals surface area (Å²) < 4.78 is 1.70. The largest absolute Gasteiger partial charge is 0.293 e. The number of carbonyl (C=O) groups is 1. The highest BCUT2D eigenvalue weighted by Crippen LogP contribution is 2.09. The van der Waals surface area contributed by atoms with Gasteiger partial charge in [-0.2, -0.15) is 5.10 Å². The lowest BCUT2D eigenvalue weighted by molar-refractivity contribution is 0.101. The molecule has 0 aliphatic carbocycles. The summed E-state index contributed by atoms with van der Waals surface area (Å²) in [5.74, 6) is -0.0131. The van der Waals surface area contributed by atoms with E-state index in [1.807, 2.05) is 31.2 Å². The highest BCUT2D eigenvalue weighted by molar-refractivity contribution is 5.91. The lowest BCUT2D eigenvalue weighted by Gasteiger charge is -2.00. The smallest absolute Gasteiger partial charge is 0.179 e. The normalized spacial score (nSPS) is 10.3. The number of ketones is 1. The summed E-state index contributed by atoms with van der Waals surface area (Å²) >= 11 is 0. The Hall–Kier alpha value is -1.90. The van der Waals surface area contributed by atoms with Crippen LogP contribution in [0.5, 0.6) is 0 Å². The quantitative estimate of drug-likeness (QED) is 0.697. The number of aryl methyl sites for hydroxylation is 1. The van der Waals surface area contributed by atoms with Gasteiger partial charge in [-0.25, -0.2) is 4.68 Å². The standard InChI is InChI=1S/C12H12N2O/c1-9-3-5-11(6-4-9)14-8-7-12(13-14)10(2)15/h3-8H,1-2H3. The Kier molecular flexibility index (Phi) is 2.37. The first-order valence-electron chi connectivity index (χ1n) is 4.80. The second kappa shape index (κ2) is 3.69. The molecule has 0 unspecified atom stereocenters. The topological polar surface area (TPSA) is 34.9 Å². The van der Waals surface area contributed by atoms with Gasteiger partial charge in [0.15, 0.2) is 5.78 Å². The monoisotopic (exact) mass is 200 g/mol. The fraction of sp³-hybridized carbons (Fsp3) is 0.167. The van der Waals surface area contributed by atoms with Gasteiger partial charge in [-0.05, 0) is 25.1 Å². The van der Waals surface area contributed by atoms with Gasteiger partial charge in [0.2, 0.25) is 0 Å². The molecule has 15 heavy (non-hydrogen) atoms. The van der Waals surface area contributed by atoms with Crippen LogP contribution in [0.15, 0.2) is 36.5 Å². The summed E-state index contributed by atoms with van der Waals surface area (Å²) in [6.45, 7) is 3.55. The van der Waals surface area contributed by atoms with E-state index in [1.54, 1.807) is 16.9 Å². The van der Waals surface area contributed by atoms with Gasteiger partial charge in [0.05, 0.1) is 5.69 Å². The maximum Gasteiger partial charge on any atom is 0.179 e. The Bertz CT molecular complexity index is 483. The van der Waals surface area contributed by atoms with Crippen molar-refractivity contribution in [1.82, 2.24) is 9.78 Å². The Morgan fingerprint density at radius 2 is 1.87 bits per heavy atom. The highest BCUT2D eigenvalue weighted by atomic mass is 16.1. The van der Waals surface area contributed by atoms with E-state index in [-0.39, 0.29) is 5.78 Å². The number of benzene rings is 1. The summed E-state index contributed by atoms with van der Waals surface area (Å²) in [4.78, 5) is 11.1. The number of hydrogen-bond acceptors (Lipinski definition) is 2. The van der Waals surface area contributed by atoms with Crippen LogP contribution < -0.4 is 0 Å². The molecule has 3 heteroatoms. The average Bonchev–Trinajstić information content (AvgIpc) is 2.68. The summed E-state index contributed by atoms with van der Waals surface area (Å²) in [6.07, 6.45) is 1.79. The van der Waals surface area contributed by atoms with Crippen molar-refractivity contribution in [2.45, 2.75) is 13.8 Å². The van der Waals surface area contributed by atoms with Crippen molar-refractivity contribution in [2.75, 3.05) is 0 Å². The van der Waals surface area contributed by atoms with Crippen LogP contribution >= 0.6 is 0 Å². The van der Waals surface area contributed by atoms with E-state index in [4.69, 9.17) is 0 Å². The van der Waals surface area contributed by atoms with Gasteiger partial charge >= 0.3 is 0 Å². The molecular weight excluding hydrogens is 188 g/mol. The molecule has 3 nitrogen and oxygen atoms in total. The Morgan fingerprint density at radius 3 is 2.40 bits per heavy atom. The molecule has 1 aromatic heterocycles. The first-order valence-corrected chi connectivity index (χ1v) is 4.80. The van der Waals surface area contributed by atoms with E-state index in [9.17, 15) is 4.79 Å². The van der Waals surface area contributed by atoms with E-state index in [1.165, 1.54) is 12.5 Å². The zero-order valence-corrected chi connectivity index (χ0v) is 8.77. The van der Waals surface area contributed by atoms with Crippen molar-refractivity contribution < 1.29 is 4.79 Å². The molecule has 0 saturated carbocycles. The van der Waals surface area contributed by atoms with Gasteiger partial charge in [0, 0.05) is 13.1 Å². The number of aromatic nitrogens is 2. The molecule has 2 rings (SSSR count). The third kappa shape index (κ3) is 1.96. The van der Waals surface area contributed by atoms with Crippen LogP contribution in [0.25, 0.3) is 5.69 Å². The third-order valence-electron chi connectivity index (χ3n) is 2.25. The highest BCUT2D eigenvalue weighted by Gasteiger charge is 2.04. The molecule has 0 bridgehead atoms. The van der Waals surface area contributed by atoms with Crippen LogP contribution in [0.2, 0.25) is 0 Å². The lowest BCUT2D eigenvalue weighted by atomic mass is 10.2. The van der Waals surface area contributed by atoms with Crippen molar-refractivity contribution >= 4 is 5.78 Å². The van der Waals surface area contributed by atoms with Crippen LogP contribution in [0.4, 0.5) is 0 Å². The summed E-state index contributed by atoms with van der Waals surface area (Å²) in [7, 11) is 0. The van der Waals surface area contributed by atoms with E-state index < -0.39 is 0 Å². The fourth-order valence-electron chi connectivity index (χ4n) is 1.35. The van der Waals surface area contributed by atoms with Gasteiger partial charge in [0.25, 0.3) is 0 Å². The average molecular weight is 200 g/mol. The SMILES string of the molecule is CC(=O)c1ccn(-c2ccc(C)cc2)n1. The lowest BCUT2D eigenvalue weighted by Crippen LogP contribution is -1.98. The summed E-state index contributed by atoms with van der Waals surface area (Å²) in [6, 6.07) is 9.72. The Balaban J connectivity index is 2.37. The van der Waals surface area contributed by atoms with Crippen LogP contribution in [0.3, 0.4) is 0 Å². The minimum absolute atomic E-state index is 0.0131. The fourth-order valence-corrected chi connectivity index (χ4v) is 1.35. The molecule has 0 amide bonds. The van der Waals surface area contributed by atoms with Crippen LogP contribution in [-0.2, 0) is 0 Å². The van der Waals surface area contributed by atoms with E-state index >= 15 is 0 Å². The van der Waals surface area contributed by atoms with Crippen LogP contribution in [0, 0.1) is 6.92 Å². The first kappa shape index (κ1) is 9.65. The molecular formula is C12H12N2O. The number of rotatable bonds is 2. The van der Waals surface area contributed by atoms with E-state index in [0.29, 0.717) is 5.69 Å². The van der Waals surface area contributed by atoms with Crippen LogP contribution in [-0.4, -0.2) is 15.6 Å². The second-order valence-electron chi connectivity index (χ2n) is 3.54. The zero-order valence-electron chi connectivity index (χ0n) is 8.77. The molecule has 76 valence electrons. The number of carbonyl (C=O) groups excluding carboxylic acids is 1. The Morgan fingerprint density at radius 1 is 1.20 bits per heavy atom. The molecule has 2 aromatic rings. The Labute approximate surface area is 88.4 Å². The zero-order chi connectivity index (χ0) is 10.8. The molecule has 0 aliphatic heterocycles. The first-order chi connectivity index (χ1) is 7.16. The molecule has 1 aromatic carbocycles. The predicted octanol–water partition coefficient (Wildman–Crippen LogP) is 2.38. The number of nitrogens with zero attached hydrogens (tertiary/aromatic N) is 2. The number of hydrogen-bond donors (Lipinski definition) is 0. The minimum atomic E-state index is -0.0131.